The number of aliphatic carboxylic acids is 1. The second kappa shape index (κ2) is 6.44. The van der Waals surface area contributed by atoms with Crippen molar-refractivity contribution in [1.82, 2.24) is 15.4 Å². The van der Waals surface area contributed by atoms with E-state index in [1.54, 1.807) is 31.6 Å². The van der Waals surface area contributed by atoms with Crippen molar-refractivity contribution in [2.45, 2.75) is 6.54 Å². The molecule has 0 radical (unpaired) electrons. The molecule has 0 saturated carbocycles. The maximum atomic E-state index is 11.4. The first-order chi connectivity index (χ1) is 8.09. The van der Waals surface area contributed by atoms with Crippen LogP contribution in [0, 0.1) is 0 Å². The highest BCUT2D eigenvalue weighted by Gasteiger charge is 2.09. The summed E-state index contributed by atoms with van der Waals surface area (Å²) >= 11 is 0. The van der Waals surface area contributed by atoms with Crippen LogP contribution in [0.4, 0.5) is 4.79 Å². The van der Waals surface area contributed by atoms with Crippen LogP contribution in [-0.2, 0) is 16.2 Å². The van der Waals surface area contributed by atoms with E-state index in [2.05, 4.69) is 9.82 Å². The number of amides is 2. The lowest BCUT2D eigenvalue weighted by molar-refractivity contribution is -0.144. The van der Waals surface area contributed by atoms with E-state index >= 15 is 0 Å². The van der Waals surface area contributed by atoms with Crippen molar-refractivity contribution in [1.29, 1.82) is 0 Å². The molecule has 0 aliphatic rings. The van der Waals surface area contributed by atoms with Crippen LogP contribution in [-0.4, -0.2) is 40.6 Å². The smallest absolute Gasteiger partial charge is 0.341 e. The molecule has 0 bridgehead atoms. The van der Waals surface area contributed by atoms with Gasteiger partial charge in [-0.25, -0.2) is 15.1 Å². The Hall–Kier alpha value is -2.15. The summed E-state index contributed by atoms with van der Waals surface area (Å²) in [6, 6.07) is 3.05. The Morgan fingerprint density at radius 1 is 1.47 bits per heavy atom. The van der Waals surface area contributed by atoms with E-state index < -0.39 is 18.6 Å². The molecule has 1 heterocycles. The second-order valence-corrected chi connectivity index (χ2v) is 3.30. The van der Waals surface area contributed by atoms with Crippen LogP contribution in [0.1, 0.15) is 5.56 Å². The average Bonchev–Trinajstić information content (AvgIpc) is 2.29. The molecule has 1 rings (SSSR count). The average molecular weight is 239 g/mol. The number of carbonyl (C=O) groups excluding carboxylic acids is 1. The van der Waals surface area contributed by atoms with E-state index in [1.807, 2.05) is 5.48 Å². The quantitative estimate of drug-likeness (QED) is 0.718. The predicted molar refractivity (Wildman–Crippen MR) is 57.8 cm³/mol. The molecule has 2 N–H and O–H groups in total. The number of aromatic nitrogens is 1. The topological polar surface area (TPSA) is 91.8 Å². The van der Waals surface area contributed by atoms with Crippen LogP contribution in [0.15, 0.2) is 24.5 Å². The molecule has 0 aromatic carbocycles. The van der Waals surface area contributed by atoms with Crippen molar-refractivity contribution < 1.29 is 19.5 Å². The van der Waals surface area contributed by atoms with Gasteiger partial charge in [-0.15, -0.1) is 0 Å². The van der Waals surface area contributed by atoms with Gasteiger partial charge >= 0.3 is 12.0 Å². The molecule has 0 unspecified atom stereocenters. The third kappa shape index (κ3) is 4.94. The molecule has 1 aromatic heterocycles. The van der Waals surface area contributed by atoms with E-state index in [9.17, 15) is 9.59 Å². The minimum absolute atomic E-state index is 0.380. The lowest BCUT2D eigenvalue weighted by Gasteiger charge is -2.17. The Labute approximate surface area is 98.0 Å². The minimum Gasteiger partial charge on any atom is -0.479 e. The zero-order valence-electron chi connectivity index (χ0n) is 9.29. The summed E-state index contributed by atoms with van der Waals surface area (Å²) in [4.78, 5) is 31.2. The Morgan fingerprint density at radius 3 is 2.71 bits per heavy atom. The summed E-state index contributed by atoms with van der Waals surface area (Å²) in [5.74, 6) is -1.15. The van der Waals surface area contributed by atoms with Crippen molar-refractivity contribution >= 4 is 12.0 Å². The number of urea groups is 1. The minimum atomic E-state index is -1.15. The van der Waals surface area contributed by atoms with E-state index in [0.717, 1.165) is 5.56 Å². The number of hydroxylamine groups is 1. The number of rotatable bonds is 5. The van der Waals surface area contributed by atoms with Gasteiger partial charge in [0, 0.05) is 26.0 Å². The molecule has 0 saturated heterocycles. The number of hydrogen-bond acceptors (Lipinski definition) is 4. The van der Waals surface area contributed by atoms with Gasteiger partial charge in [0.2, 0.25) is 0 Å². The molecule has 0 spiro atoms. The third-order valence-electron chi connectivity index (χ3n) is 1.87. The van der Waals surface area contributed by atoms with E-state index in [0.29, 0.717) is 6.54 Å². The number of nitrogens with one attached hydrogen (secondary N) is 1. The SMILES string of the molecule is CN(Cc1ccncc1)C(=O)NOCC(=O)O. The Balaban J connectivity index is 2.34. The monoisotopic (exact) mass is 239 g/mol. The van der Waals surface area contributed by atoms with Gasteiger partial charge in [0.15, 0.2) is 6.61 Å². The van der Waals surface area contributed by atoms with Crippen LogP contribution >= 0.6 is 0 Å². The Kier molecular flexibility index (Phi) is 4.89. The first-order valence-electron chi connectivity index (χ1n) is 4.83. The summed E-state index contributed by atoms with van der Waals surface area (Å²) in [5, 5.41) is 8.30. The molecule has 2 amide bonds. The Bertz CT molecular complexity index is 382. The van der Waals surface area contributed by atoms with Gasteiger partial charge < -0.3 is 10.0 Å². The summed E-state index contributed by atoms with van der Waals surface area (Å²) in [6.07, 6.45) is 3.25. The van der Waals surface area contributed by atoms with E-state index in [-0.39, 0.29) is 0 Å². The molecule has 17 heavy (non-hydrogen) atoms. The lowest BCUT2D eigenvalue weighted by Crippen LogP contribution is -2.37. The van der Waals surface area contributed by atoms with Crippen molar-refractivity contribution in [3.63, 3.8) is 0 Å². The molecular formula is C10H13N3O4. The van der Waals surface area contributed by atoms with Gasteiger partial charge in [-0.05, 0) is 17.7 Å². The molecule has 0 atom stereocenters. The highest BCUT2D eigenvalue weighted by atomic mass is 16.7. The molecule has 7 nitrogen and oxygen atoms in total. The van der Waals surface area contributed by atoms with Crippen molar-refractivity contribution in [2.75, 3.05) is 13.7 Å². The summed E-state index contributed by atoms with van der Waals surface area (Å²) in [5.41, 5.74) is 2.94. The van der Waals surface area contributed by atoms with Crippen molar-refractivity contribution in [3.8, 4) is 0 Å². The fraction of sp³-hybridized carbons (Fsp3) is 0.300. The second-order valence-electron chi connectivity index (χ2n) is 3.30. The number of hydrogen-bond donors (Lipinski definition) is 2. The standard InChI is InChI=1S/C10H13N3O4/c1-13(6-8-2-4-11-5-3-8)10(16)12-17-7-9(14)15/h2-5H,6-7H2,1H3,(H,12,16)(H,14,15). The highest BCUT2D eigenvalue weighted by Crippen LogP contribution is 2.00. The molecule has 92 valence electrons. The number of nitrogens with zero attached hydrogens (tertiary/aromatic N) is 2. The first kappa shape index (κ1) is 12.9. The molecule has 1 aromatic rings. The van der Waals surface area contributed by atoms with E-state index in [4.69, 9.17) is 5.11 Å². The largest absolute Gasteiger partial charge is 0.479 e. The fourth-order valence-electron chi connectivity index (χ4n) is 1.07. The van der Waals surface area contributed by atoms with Gasteiger partial charge in [0.05, 0.1) is 0 Å². The van der Waals surface area contributed by atoms with Gasteiger partial charge in [-0.1, -0.05) is 0 Å². The van der Waals surface area contributed by atoms with Crippen molar-refractivity contribution in [3.05, 3.63) is 30.1 Å². The number of carboxylic acids is 1. The molecule has 0 fully saturated rings. The van der Waals surface area contributed by atoms with E-state index in [1.165, 1.54) is 4.90 Å². The number of pyridine rings is 1. The maximum Gasteiger partial charge on any atom is 0.341 e. The number of carbonyl (C=O) groups is 2. The zero-order chi connectivity index (χ0) is 12.7. The van der Waals surface area contributed by atoms with Gasteiger partial charge in [0.25, 0.3) is 0 Å². The molecule has 0 aliphatic heterocycles. The number of carboxylic acid groups (broad SMARTS) is 1. The summed E-state index contributed by atoms with van der Waals surface area (Å²) < 4.78 is 0. The Morgan fingerprint density at radius 2 is 2.12 bits per heavy atom. The lowest BCUT2D eigenvalue weighted by atomic mass is 10.2. The highest BCUT2D eigenvalue weighted by molar-refractivity contribution is 5.73. The van der Waals surface area contributed by atoms with Gasteiger partial charge in [-0.2, -0.15) is 0 Å². The molecule has 0 aliphatic carbocycles. The fourth-order valence-corrected chi connectivity index (χ4v) is 1.07. The zero-order valence-corrected chi connectivity index (χ0v) is 9.29. The van der Waals surface area contributed by atoms with Gasteiger partial charge in [0.1, 0.15) is 0 Å². The van der Waals surface area contributed by atoms with Gasteiger partial charge in [-0.3, -0.25) is 9.82 Å². The van der Waals surface area contributed by atoms with Crippen LogP contribution in [0.25, 0.3) is 0 Å². The summed E-state index contributed by atoms with van der Waals surface area (Å²) in [7, 11) is 1.57. The van der Waals surface area contributed by atoms with Crippen LogP contribution < -0.4 is 5.48 Å². The van der Waals surface area contributed by atoms with Crippen LogP contribution in [0.5, 0.6) is 0 Å². The summed E-state index contributed by atoms with van der Waals surface area (Å²) in [6.45, 7) is -0.195. The molecule has 7 heteroatoms. The first-order valence-corrected chi connectivity index (χ1v) is 4.83. The molecular weight excluding hydrogens is 226 g/mol. The van der Waals surface area contributed by atoms with Crippen molar-refractivity contribution in [2.24, 2.45) is 0 Å². The van der Waals surface area contributed by atoms with Crippen LogP contribution in [0.2, 0.25) is 0 Å². The van der Waals surface area contributed by atoms with Crippen LogP contribution in [0.3, 0.4) is 0 Å². The maximum absolute atomic E-state index is 11.4. The third-order valence-corrected chi connectivity index (χ3v) is 1.87. The predicted octanol–water partition coefficient (Wildman–Crippen LogP) is 0.239. The normalized spacial score (nSPS) is 9.71.